The zero-order valence-corrected chi connectivity index (χ0v) is 18.3. The number of rotatable bonds is 6. The van der Waals surface area contributed by atoms with Crippen molar-refractivity contribution in [2.45, 2.75) is 23.8 Å². The molecule has 4 amide bonds. The summed E-state index contributed by atoms with van der Waals surface area (Å²) in [7, 11) is 0. The first-order valence-electron chi connectivity index (χ1n) is 9.94. The zero-order valence-electron chi connectivity index (χ0n) is 17.5. The lowest BCUT2D eigenvalue weighted by Gasteiger charge is -2.27. The van der Waals surface area contributed by atoms with Gasteiger partial charge in [-0.2, -0.15) is 0 Å². The predicted molar refractivity (Wildman–Crippen MR) is 121 cm³/mol. The van der Waals surface area contributed by atoms with E-state index < -0.39 is 17.8 Å². The van der Waals surface area contributed by atoms with E-state index in [1.54, 1.807) is 43.3 Å². The monoisotopic (exact) mass is 448 g/mol. The number of amides is 4. The number of benzene rings is 2. The normalized spacial score (nSPS) is 15.2. The van der Waals surface area contributed by atoms with E-state index >= 15 is 0 Å². The lowest BCUT2D eigenvalue weighted by Crippen LogP contribution is -2.54. The summed E-state index contributed by atoms with van der Waals surface area (Å²) in [4.78, 5) is 39.9. The predicted octanol–water partition coefficient (Wildman–Crippen LogP) is 4.80. The highest BCUT2D eigenvalue weighted by Crippen LogP contribution is 2.32. The van der Waals surface area contributed by atoms with E-state index in [1.165, 1.54) is 17.8 Å². The molecule has 0 saturated carbocycles. The summed E-state index contributed by atoms with van der Waals surface area (Å²) in [6.45, 7) is 4.17. The number of furan rings is 1. The lowest BCUT2D eigenvalue weighted by molar-refractivity contribution is -0.122. The minimum atomic E-state index is -0.834. The molecule has 0 spiro atoms. The Morgan fingerprint density at radius 3 is 2.53 bits per heavy atom. The van der Waals surface area contributed by atoms with Gasteiger partial charge in [0, 0.05) is 4.90 Å². The fourth-order valence-electron chi connectivity index (χ4n) is 3.13. The topological polar surface area (TPSA) is 88.8 Å². The van der Waals surface area contributed by atoms with Crippen molar-refractivity contribution in [3.63, 3.8) is 0 Å². The number of barbiturate groups is 1. The van der Waals surface area contributed by atoms with E-state index in [2.05, 4.69) is 5.32 Å². The molecule has 1 N–H and O–H groups in total. The molecular weight excluding hydrogens is 428 g/mol. The van der Waals surface area contributed by atoms with Crippen molar-refractivity contribution in [2.75, 3.05) is 11.5 Å². The molecule has 4 rings (SSSR count). The van der Waals surface area contributed by atoms with Crippen LogP contribution in [0.4, 0.5) is 10.5 Å². The number of nitrogens with zero attached hydrogens (tertiary/aromatic N) is 1. The van der Waals surface area contributed by atoms with Crippen LogP contribution in [0.25, 0.3) is 6.08 Å². The van der Waals surface area contributed by atoms with E-state index in [0.717, 1.165) is 15.4 Å². The van der Waals surface area contributed by atoms with Gasteiger partial charge in [-0.3, -0.25) is 14.9 Å². The summed E-state index contributed by atoms with van der Waals surface area (Å²) >= 11 is 1.42. The first-order chi connectivity index (χ1) is 15.5. The Bertz CT molecular complexity index is 1210. The highest BCUT2D eigenvalue weighted by atomic mass is 32.2. The molecule has 7 nitrogen and oxygen atoms in total. The zero-order chi connectivity index (χ0) is 22.7. The second-order valence-electron chi connectivity index (χ2n) is 6.93. The smallest absolute Gasteiger partial charge is 0.336 e. The standard InChI is InChI=1S/C24H20N2O5S/c1-3-30-20-7-5-4-6-19(20)26-23(28)18(22(27)25-24(26)29)14-16-10-13-21(31-16)32-17-11-8-15(2)9-12-17/h4-14H,3H2,1-2H3,(H,25,27,29)/b18-14+. The van der Waals surface area contributed by atoms with Crippen molar-refractivity contribution in [3.8, 4) is 5.75 Å². The van der Waals surface area contributed by atoms with Gasteiger partial charge in [-0.05, 0) is 56.3 Å². The fourth-order valence-corrected chi connectivity index (χ4v) is 3.91. The Balaban J connectivity index is 1.61. The van der Waals surface area contributed by atoms with Crippen LogP contribution in [0.3, 0.4) is 0 Å². The highest BCUT2D eigenvalue weighted by molar-refractivity contribution is 7.99. The van der Waals surface area contributed by atoms with Crippen molar-refractivity contribution in [1.82, 2.24) is 5.32 Å². The molecular formula is C24H20N2O5S. The molecule has 2 heterocycles. The van der Waals surface area contributed by atoms with Crippen molar-refractivity contribution in [2.24, 2.45) is 0 Å². The SMILES string of the molecule is CCOc1ccccc1N1C(=O)NC(=O)/C(=C\c2ccc(Sc3ccc(C)cc3)o2)C1=O. The van der Waals surface area contributed by atoms with Gasteiger partial charge in [-0.25, -0.2) is 9.69 Å². The molecule has 2 aromatic carbocycles. The number of anilines is 1. The quantitative estimate of drug-likeness (QED) is 0.430. The van der Waals surface area contributed by atoms with Gasteiger partial charge in [0.05, 0.1) is 12.3 Å². The molecule has 0 unspecified atom stereocenters. The van der Waals surface area contributed by atoms with Crippen LogP contribution in [0.15, 0.2) is 80.6 Å². The summed E-state index contributed by atoms with van der Waals surface area (Å²) in [6, 6.07) is 17.2. The van der Waals surface area contributed by atoms with Crippen LogP contribution in [-0.4, -0.2) is 24.5 Å². The van der Waals surface area contributed by atoms with E-state index in [-0.39, 0.29) is 11.3 Å². The number of hydrogen-bond donors (Lipinski definition) is 1. The molecule has 0 atom stereocenters. The molecule has 1 saturated heterocycles. The van der Waals surface area contributed by atoms with Gasteiger partial charge in [0.1, 0.15) is 17.1 Å². The lowest BCUT2D eigenvalue weighted by atomic mass is 10.1. The van der Waals surface area contributed by atoms with Crippen LogP contribution in [0.5, 0.6) is 5.75 Å². The second kappa shape index (κ2) is 9.15. The molecule has 1 aliphatic rings. The Kier molecular flexibility index (Phi) is 6.13. The van der Waals surface area contributed by atoms with Crippen LogP contribution in [0, 0.1) is 6.92 Å². The minimum Gasteiger partial charge on any atom is -0.492 e. The third kappa shape index (κ3) is 4.45. The third-order valence-corrected chi connectivity index (χ3v) is 5.56. The molecule has 0 radical (unpaired) electrons. The number of para-hydroxylation sites is 2. The maximum atomic E-state index is 13.1. The number of hydrogen-bond acceptors (Lipinski definition) is 6. The van der Waals surface area contributed by atoms with Gasteiger partial charge in [-0.15, -0.1) is 0 Å². The number of urea groups is 1. The Morgan fingerprint density at radius 1 is 1.03 bits per heavy atom. The average molecular weight is 449 g/mol. The van der Waals surface area contributed by atoms with E-state index in [4.69, 9.17) is 9.15 Å². The summed E-state index contributed by atoms with van der Waals surface area (Å²) in [5.74, 6) is -0.850. The molecule has 32 heavy (non-hydrogen) atoms. The van der Waals surface area contributed by atoms with Crippen LogP contribution in [0.1, 0.15) is 18.2 Å². The number of imide groups is 2. The fraction of sp³-hybridized carbons (Fsp3) is 0.125. The minimum absolute atomic E-state index is 0.211. The molecule has 3 aromatic rings. The molecule has 8 heteroatoms. The maximum Gasteiger partial charge on any atom is 0.336 e. The van der Waals surface area contributed by atoms with Crippen LogP contribution < -0.4 is 15.0 Å². The Morgan fingerprint density at radius 2 is 1.78 bits per heavy atom. The largest absolute Gasteiger partial charge is 0.492 e. The van der Waals surface area contributed by atoms with Crippen LogP contribution in [-0.2, 0) is 9.59 Å². The number of nitrogens with one attached hydrogen (secondary N) is 1. The van der Waals surface area contributed by atoms with E-state index in [1.807, 2.05) is 31.2 Å². The second-order valence-corrected chi connectivity index (χ2v) is 8.01. The molecule has 162 valence electrons. The molecule has 1 aromatic heterocycles. The summed E-state index contributed by atoms with van der Waals surface area (Å²) in [6.07, 6.45) is 1.33. The van der Waals surface area contributed by atoms with Gasteiger partial charge in [0.15, 0.2) is 5.09 Å². The Hall–Kier alpha value is -3.78. The summed E-state index contributed by atoms with van der Waals surface area (Å²) in [5, 5.41) is 2.82. The number of carbonyl (C=O) groups excluding carboxylic acids is 3. The van der Waals surface area contributed by atoms with Crippen LogP contribution >= 0.6 is 11.8 Å². The summed E-state index contributed by atoms with van der Waals surface area (Å²) in [5.41, 5.74) is 1.20. The summed E-state index contributed by atoms with van der Waals surface area (Å²) < 4.78 is 11.3. The van der Waals surface area contributed by atoms with E-state index in [9.17, 15) is 14.4 Å². The van der Waals surface area contributed by atoms with E-state index in [0.29, 0.717) is 23.2 Å². The molecule has 0 aliphatic carbocycles. The van der Waals surface area contributed by atoms with Crippen molar-refractivity contribution in [3.05, 3.63) is 77.6 Å². The Labute approximate surface area is 189 Å². The van der Waals surface area contributed by atoms with Gasteiger partial charge in [0.25, 0.3) is 11.8 Å². The molecule has 0 bridgehead atoms. The first kappa shape index (κ1) is 21.5. The van der Waals surface area contributed by atoms with Gasteiger partial charge in [0.2, 0.25) is 0 Å². The third-order valence-electron chi connectivity index (χ3n) is 4.64. The number of aryl methyl sites for hydroxylation is 1. The van der Waals surface area contributed by atoms with Crippen molar-refractivity contribution >= 4 is 41.4 Å². The first-order valence-corrected chi connectivity index (χ1v) is 10.8. The number of ether oxygens (including phenoxy) is 1. The van der Waals surface area contributed by atoms with Crippen molar-refractivity contribution < 1.29 is 23.5 Å². The van der Waals surface area contributed by atoms with Crippen molar-refractivity contribution in [1.29, 1.82) is 0 Å². The average Bonchev–Trinajstić information content (AvgIpc) is 3.21. The maximum absolute atomic E-state index is 13.1. The van der Waals surface area contributed by atoms with Crippen LogP contribution in [0.2, 0.25) is 0 Å². The highest BCUT2D eigenvalue weighted by Gasteiger charge is 2.38. The van der Waals surface area contributed by atoms with Gasteiger partial charge < -0.3 is 9.15 Å². The number of carbonyl (C=O) groups is 3. The molecule has 1 aliphatic heterocycles. The molecule has 1 fully saturated rings. The van der Waals surface area contributed by atoms with Gasteiger partial charge in [-0.1, -0.05) is 41.6 Å². The van der Waals surface area contributed by atoms with Gasteiger partial charge >= 0.3 is 6.03 Å².